The third-order valence-electron chi connectivity index (χ3n) is 3.05. The van der Waals surface area contributed by atoms with Gasteiger partial charge in [-0.3, -0.25) is 0 Å². The maximum Gasteiger partial charge on any atom is 0.242 e. The van der Waals surface area contributed by atoms with Gasteiger partial charge in [-0.05, 0) is 25.3 Å². The molecule has 1 aromatic rings. The van der Waals surface area contributed by atoms with E-state index in [4.69, 9.17) is 22.2 Å². The molecule has 0 aliphatic carbocycles. The van der Waals surface area contributed by atoms with Gasteiger partial charge in [0.25, 0.3) is 0 Å². The summed E-state index contributed by atoms with van der Waals surface area (Å²) in [4.78, 5) is 3.84. The lowest BCUT2D eigenvalue weighted by atomic mass is 10.2. The molecule has 7 nitrogen and oxygen atoms in total. The first-order valence-electron chi connectivity index (χ1n) is 6.26. The van der Waals surface area contributed by atoms with Crippen LogP contribution in [-0.4, -0.2) is 32.7 Å². The highest BCUT2D eigenvalue weighted by molar-refractivity contribution is 7.89. The first kappa shape index (κ1) is 15.5. The zero-order valence-corrected chi connectivity index (χ0v) is 12.4. The molecule has 0 saturated carbocycles. The van der Waals surface area contributed by atoms with Gasteiger partial charge in [-0.1, -0.05) is 11.6 Å². The topological polar surface area (TPSA) is 106 Å². The minimum absolute atomic E-state index is 0.00819. The molecule has 1 aliphatic rings. The van der Waals surface area contributed by atoms with E-state index in [1.165, 1.54) is 12.3 Å². The van der Waals surface area contributed by atoms with Crippen molar-refractivity contribution in [2.75, 3.05) is 18.6 Å². The Morgan fingerprint density at radius 3 is 2.95 bits per heavy atom. The lowest BCUT2D eigenvalue weighted by Gasteiger charge is -2.11. The van der Waals surface area contributed by atoms with E-state index in [1.54, 1.807) is 0 Å². The average Bonchev–Trinajstić information content (AvgIpc) is 2.91. The molecule has 1 atom stereocenters. The molecule has 1 aromatic heterocycles. The quantitative estimate of drug-likeness (QED) is 0.530. The van der Waals surface area contributed by atoms with Gasteiger partial charge in [0.1, 0.15) is 4.90 Å². The molecule has 0 aromatic carbocycles. The first-order chi connectivity index (χ1) is 9.53. The van der Waals surface area contributed by atoms with E-state index < -0.39 is 10.0 Å². The van der Waals surface area contributed by atoms with Crippen molar-refractivity contribution in [3.05, 3.63) is 17.3 Å². The third-order valence-corrected chi connectivity index (χ3v) is 4.76. The number of pyridine rings is 1. The van der Waals surface area contributed by atoms with Gasteiger partial charge in [0.05, 0.1) is 11.1 Å². The molecule has 2 rings (SSSR count). The number of nitrogens with zero attached hydrogens (tertiary/aromatic N) is 1. The summed E-state index contributed by atoms with van der Waals surface area (Å²) in [7, 11) is -3.62. The standard InChI is InChI=1S/C11H17ClN4O3S/c12-10-6-9(7-14-11(10)16-13)20(17,18)15-4-3-8-2-1-5-19-8/h6-8,15H,1-5,13H2,(H,14,16). The Morgan fingerprint density at radius 2 is 2.35 bits per heavy atom. The van der Waals surface area contributed by atoms with Crippen LogP contribution in [0.2, 0.25) is 5.02 Å². The van der Waals surface area contributed by atoms with Crippen molar-refractivity contribution in [3.8, 4) is 0 Å². The SMILES string of the molecule is NNc1ncc(S(=O)(=O)NCCC2CCCO2)cc1Cl. The van der Waals surface area contributed by atoms with Gasteiger partial charge in [-0.25, -0.2) is 24.0 Å². The van der Waals surface area contributed by atoms with Gasteiger partial charge in [0, 0.05) is 19.3 Å². The van der Waals surface area contributed by atoms with Crippen LogP contribution >= 0.6 is 11.6 Å². The predicted octanol–water partition coefficient (Wildman–Crippen LogP) is 0.868. The molecular formula is C11H17ClN4O3S. The fourth-order valence-electron chi connectivity index (χ4n) is 1.98. The fraction of sp³-hybridized carbons (Fsp3) is 0.545. The average molecular weight is 321 g/mol. The van der Waals surface area contributed by atoms with Crippen LogP contribution in [0.4, 0.5) is 5.82 Å². The number of ether oxygens (including phenoxy) is 1. The number of rotatable bonds is 6. The van der Waals surface area contributed by atoms with Crippen molar-refractivity contribution in [1.29, 1.82) is 0 Å². The van der Waals surface area contributed by atoms with Crippen LogP contribution in [0.3, 0.4) is 0 Å². The second-order valence-electron chi connectivity index (χ2n) is 4.47. The molecule has 1 unspecified atom stereocenters. The van der Waals surface area contributed by atoms with Gasteiger partial charge in [0.15, 0.2) is 5.82 Å². The van der Waals surface area contributed by atoms with E-state index >= 15 is 0 Å². The Morgan fingerprint density at radius 1 is 1.55 bits per heavy atom. The zero-order valence-electron chi connectivity index (χ0n) is 10.8. The molecule has 20 heavy (non-hydrogen) atoms. The lowest BCUT2D eigenvalue weighted by Crippen LogP contribution is -2.27. The lowest BCUT2D eigenvalue weighted by molar-refractivity contribution is 0.105. The summed E-state index contributed by atoms with van der Waals surface area (Å²) in [6, 6.07) is 1.30. The molecule has 0 bridgehead atoms. The molecule has 9 heteroatoms. The predicted molar refractivity (Wildman–Crippen MR) is 75.8 cm³/mol. The van der Waals surface area contributed by atoms with Gasteiger partial charge in [-0.2, -0.15) is 0 Å². The van der Waals surface area contributed by atoms with Crippen LogP contribution in [-0.2, 0) is 14.8 Å². The van der Waals surface area contributed by atoms with Crippen molar-refractivity contribution in [2.45, 2.75) is 30.3 Å². The zero-order chi connectivity index (χ0) is 14.6. The largest absolute Gasteiger partial charge is 0.378 e. The van der Waals surface area contributed by atoms with Crippen LogP contribution < -0.4 is 16.0 Å². The Labute approximate surface area is 122 Å². The number of hydrogen-bond donors (Lipinski definition) is 3. The first-order valence-corrected chi connectivity index (χ1v) is 8.12. The van der Waals surface area contributed by atoms with Crippen molar-refractivity contribution < 1.29 is 13.2 Å². The number of halogens is 1. The molecular weight excluding hydrogens is 304 g/mol. The summed E-state index contributed by atoms with van der Waals surface area (Å²) < 4.78 is 32.1. The number of nitrogen functional groups attached to an aromatic ring is 1. The number of anilines is 1. The Balaban J connectivity index is 1.96. The highest BCUT2D eigenvalue weighted by atomic mass is 35.5. The molecule has 112 valence electrons. The van der Waals surface area contributed by atoms with Crippen molar-refractivity contribution >= 4 is 27.4 Å². The van der Waals surface area contributed by atoms with Crippen LogP contribution in [0.25, 0.3) is 0 Å². The van der Waals surface area contributed by atoms with E-state index in [-0.39, 0.29) is 21.8 Å². The van der Waals surface area contributed by atoms with Gasteiger partial charge >= 0.3 is 0 Å². The summed E-state index contributed by atoms with van der Waals surface area (Å²) in [5, 5.41) is 0.148. The molecule has 2 heterocycles. The summed E-state index contributed by atoms with van der Waals surface area (Å²) in [6.45, 7) is 1.08. The Bertz CT molecular complexity index is 561. The number of hydrazine groups is 1. The third kappa shape index (κ3) is 3.80. The van der Waals surface area contributed by atoms with Crippen molar-refractivity contribution in [2.24, 2.45) is 5.84 Å². The monoisotopic (exact) mass is 320 g/mol. The second-order valence-corrected chi connectivity index (χ2v) is 6.64. The van der Waals surface area contributed by atoms with Crippen LogP contribution in [0.5, 0.6) is 0 Å². The molecule has 0 amide bonds. The summed E-state index contributed by atoms with van der Waals surface area (Å²) in [6.07, 6.45) is 4.01. The molecule has 1 saturated heterocycles. The number of nitrogens with two attached hydrogens (primary N) is 1. The minimum atomic E-state index is -3.62. The number of aromatic nitrogens is 1. The van der Waals surface area contributed by atoms with E-state index in [1.807, 2.05) is 0 Å². The van der Waals surface area contributed by atoms with Gasteiger partial charge in [-0.15, -0.1) is 0 Å². The van der Waals surface area contributed by atoms with Crippen LogP contribution in [0.1, 0.15) is 19.3 Å². The van der Waals surface area contributed by atoms with E-state index in [9.17, 15) is 8.42 Å². The fourth-order valence-corrected chi connectivity index (χ4v) is 3.29. The molecule has 4 N–H and O–H groups in total. The van der Waals surface area contributed by atoms with Crippen molar-refractivity contribution in [3.63, 3.8) is 0 Å². The molecule has 0 spiro atoms. The van der Waals surface area contributed by atoms with Gasteiger partial charge in [0.2, 0.25) is 10.0 Å². The molecule has 1 aliphatic heterocycles. The number of sulfonamides is 1. The van der Waals surface area contributed by atoms with Gasteiger partial charge < -0.3 is 10.2 Å². The van der Waals surface area contributed by atoms with Crippen LogP contribution in [0.15, 0.2) is 17.2 Å². The normalized spacial score (nSPS) is 19.2. The van der Waals surface area contributed by atoms with E-state index in [2.05, 4.69) is 15.1 Å². The maximum absolute atomic E-state index is 12.1. The highest BCUT2D eigenvalue weighted by Crippen LogP contribution is 2.21. The number of nitrogens with one attached hydrogen (secondary N) is 2. The molecule has 0 radical (unpaired) electrons. The smallest absolute Gasteiger partial charge is 0.242 e. The minimum Gasteiger partial charge on any atom is -0.378 e. The second kappa shape index (κ2) is 6.68. The number of hydrogen-bond acceptors (Lipinski definition) is 6. The summed E-state index contributed by atoms with van der Waals surface area (Å²) >= 11 is 5.86. The maximum atomic E-state index is 12.1. The summed E-state index contributed by atoms with van der Waals surface area (Å²) in [5.41, 5.74) is 2.28. The highest BCUT2D eigenvalue weighted by Gasteiger charge is 2.19. The Kier molecular flexibility index (Phi) is 5.17. The molecule has 1 fully saturated rings. The Hall–Kier alpha value is -0.930. The van der Waals surface area contributed by atoms with E-state index in [0.717, 1.165) is 19.4 Å². The summed E-state index contributed by atoms with van der Waals surface area (Å²) in [5.74, 6) is 5.41. The van der Waals surface area contributed by atoms with E-state index in [0.29, 0.717) is 13.0 Å². The van der Waals surface area contributed by atoms with Crippen LogP contribution in [0, 0.1) is 0 Å². The van der Waals surface area contributed by atoms with Crippen molar-refractivity contribution in [1.82, 2.24) is 9.71 Å².